The maximum absolute atomic E-state index is 8.88. The molecule has 0 rings (SSSR count). The standard InChI is InChI=1S/Ca.H3O4P.H2O.H4Si.Sr.Zn.4H/c;1-5(2,3)4;;;;;;;;/h;(H3,1,2,3,4);1H2;1H4;;;;;;. The van der Waals surface area contributed by atoms with Crippen molar-refractivity contribution in [2.75, 3.05) is 0 Å². The summed E-state index contributed by atoms with van der Waals surface area (Å²) >= 11 is 0. The molecule has 0 fully saturated rings. The Labute approximate surface area is 143 Å². The first kappa shape index (κ1) is 37.3. The van der Waals surface area contributed by atoms with E-state index in [0.717, 1.165) is 0 Å². The molecule has 0 aromatic rings. The maximum Gasteiger partial charge on any atom is 0 e. The first-order valence-corrected chi connectivity index (χ1v) is 2.35. The van der Waals surface area contributed by atoms with Gasteiger partial charge in [0.25, 0.3) is 0 Å². The Hall–Kier alpha value is 3.65. The molecule has 0 spiro atoms. The van der Waals surface area contributed by atoms with E-state index in [1.165, 1.54) is 0 Å². The van der Waals surface area contributed by atoms with E-state index < -0.39 is 7.82 Å². The van der Waals surface area contributed by atoms with Gasteiger partial charge < -0.3 is 20.2 Å². The van der Waals surface area contributed by atoms with E-state index >= 15 is 0 Å². The monoisotopic (exact) mass is 344 g/mol. The van der Waals surface area contributed by atoms with E-state index in [0.29, 0.717) is 0 Å². The van der Waals surface area contributed by atoms with Crippen molar-refractivity contribution in [2.24, 2.45) is 0 Å². The van der Waals surface area contributed by atoms with E-state index in [-0.39, 0.29) is 119 Å². The maximum atomic E-state index is 8.88. The molecule has 0 radical (unpaired) electrons. The van der Waals surface area contributed by atoms with Crippen LogP contribution >= 0.6 is 7.82 Å². The summed E-state index contributed by atoms with van der Waals surface area (Å²) in [4.78, 5) is 21.6. The summed E-state index contributed by atoms with van der Waals surface area (Å²) in [7, 11) is -4.64. The van der Waals surface area contributed by atoms with Crippen LogP contribution in [0.4, 0.5) is 0 Å². The summed E-state index contributed by atoms with van der Waals surface area (Å²) in [5.41, 5.74) is 0. The average molecular weight is 345 g/mol. The molecular formula is H13CaO5PSiSrZn. The summed E-state index contributed by atoms with van der Waals surface area (Å²) < 4.78 is 8.88. The van der Waals surface area contributed by atoms with Crippen molar-refractivity contribution >= 4 is 102 Å². The molecule has 0 saturated carbocycles. The average Bonchev–Trinajstić information content (AvgIpc) is 0.722. The zero-order valence-electron chi connectivity index (χ0n) is 3.40. The molecule has 0 unspecified atom stereocenters. The molecule has 0 atom stereocenters. The summed E-state index contributed by atoms with van der Waals surface area (Å²) in [6.07, 6.45) is 0. The molecule has 10 heavy (non-hydrogen) atoms. The SMILES string of the molecule is O.O=P(O)(O)O.[CaH2].[SiH4].[SrH2].[Zn]. The summed E-state index contributed by atoms with van der Waals surface area (Å²) in [6.45, 7) is 0. The number of rotatable bonds is 0. The fourth-order valence-corrected chi connectivity index (χ4v) is 0. The fourth-order valence-electron chi connectivity index (χ4n) is 0. The molecule has 0 aromatic heterocycles. The second-order valence-electron chi connectivity index (χ2n) is 0.513. The summed E-state index contributed by atoms with van der Waals surface area (Å²) in [5, 5.41) is 0. The fraction of sp³-hybridized carbons (Fsp3) is 0. The van der Waals surface area contributed by atoms with Crippen molar-refractivity contribution in [2.45, 2.75) is 0 Å². The third kappa shape index (κ3) is 99.2. The normalized spacial score (nSPS) is 5.90. The van der Waals surface area contributed by atoms with Crippen molar-refractivity contribution in [3.63, 3.8) is 0 Å². The van der Waals surface area contributed by atoms with Crippen molar-refractivity contribution in [1.29, 1.82) is 0 Å². The largest absolute Gasteiger partial charge is 0 e. The molecule has 0 bridgehead atoms. The zero-order chi connectivity index (χ0) is 4.50. The van der Waals surface area contributed by atoms with Crippen molar-refractivity contribution < 1.29 is 44.2 Å². The van der Waals surface area contributed by atoms with Crippen molar-refractivity contribution in [3.05, 3.63) is 0 Å². The minimum Gasteiger partial charge on any atom is 0 e. The quantitative estimate of drug-likeness (QED) is 0.302. The van der Waals surface area contributed by atoms with Gasteiger partial charge in [-0.2, -0.15) is 0 Å². The molecule has 5 N–H and O–H groups in total. The molecule has 5 nitrogen and oxygen atoms in total. The Morgan fingerprint density at radius 3 is 1.10 bits per heavy atom. The van der Waals surface area contributed by atoms with Crippen LogP contribution in [0.3, 0.4) is 0 Å². The van der Waals surface area contributed by atoms with Crippen molar-refractivity contribution in [1.82, 2.24) is 0 Å². The van der Waals surface area contributed by atoms with Gasteiger partial charge in [0.15, 0.2) is 0 Å². The molecular weight excluding hydrogens is 332 g/mol. The van der Waals surface area contributed by atoms with E-state index in [1.807, 2.05) is 0 Å². The van der Waals surface area contributed by atoms with E-state index in [2.05, 4.69) is 0 Å². The molecule has 0 aliphatic carbocycles. The minimum atomic E-state index is -4.64. The van der Waals surface area contributed by atoms with Gasteiger partial charge in [-0.05, 0) is 11.0 Å². The van der Waals surface area contributed by atoms with Crippen LogP contribution in [0.1, 0.15) is 0 Å². The van der Waals surface area contributed by atoms with E-state index in [1.54, 1.807) is 0 Å². The molecule has 0 aliphatic heterocycles. The van der Waals surface area contributed by atoms with Crippen LogP contribution in [-0.4, -0.2) is 114 Å². The first-order valence-electron chi connectivity index (χ1n) is 0.783. The van der Waals surface area contributed by atoms with Gasteiger partial charge >= 0.3 is 91.0 Å². The van der Waals surface area contributed by atoms with Gasteiger partial charge in [0, 0.05) is 19.5 Å². The van der Waals surface area contributed by atoms with Crippen LogP contribution in [0.5, 0.6) is 0 Å². The van der Waals surface area contributed by atoms with Crippen LogP contribution in [0.25, 0.3) is 0 Å². The first-order chi connectivity index (χ1) is 2.00. The van der Waals surface area contributed by atoms with Gasteiger partial charge in [-0.1, -0.05) is 0 Å². The van der Waals surface area contributed by atoms with Crippen LogP contribution in [-0.2, 0) is 24.0 Å². The summed E-state index contributed by atoms with van der Waals surface area (Å²) in [5.74, 6) is 0. The van der Waals surface area contributed by atoms with Crippen molar-refractivity contribution in [3.8, 4) is 0 Å². The molecule has 0 saturated heterocycles. The van der Waals surface area contributed by atoms with Gasteiger partial charge in [0.1, 0.15) is 0 Å². The van der Waals surface area contributed by atoms with Gasteiger partial charge in [-0.15, -0.1) is 0 Å². The van der Waals surface area contributed by atoms with Gasteiger partial charge in [-0.25, -0.2) is 4.57 Å². The Balaban J connectivity index is -0.00000000800. The Morgan fingerprint density at radius 1 is 1.10 bits per heavy atom. The van der Waals surface area contributed by atoms with E-state index in [9.17, 15) is 0 Å². The minimum absolute atomic E-state index is 0. The number of hydrogen-bond acceptors (Lipinski definition) is 1. The molecule has 10 heteroatoms. The van der Waals surface area contributed by atoms with Crippen LogP contribution in [0.15, 0.2) is 0 Å². The predicted octanol–water partition coefficient (Wildman–Crippen LogP) is -5.04. The van der Waals surface area contributed by atoms with Gasteiger partial charge in [0.05, 0.1) is 0 Å². The Bertz CT molecular complexity index is 67.8. The molecule has 0 amide bonds. The smallest absolute Gasteiger partial charge is 0 e. The second-order valence-corrected chi connectivity index (χ2v) is 1.54. The van der Waals surface area contributed by atoms with Gasteiger partial charge in [0.2, 0.25) is 0 Å². The molecule has 0 aromatic carbocycles. The van der Waals surface area contributed by atoms with E-state index in [4.69, 9.17) is 19.2 Å². The molecule has 0 aliphatic rings. The van der Waals surface area contributed by atoms with Gasteiger partial charge in [-0.3, -0.25) is 0 Å². The predicted molar refractivity (Wildman–Crippen MR) is 46.3 cm³/mol. The molecule has 58 valence electrons. The zero-order valence-corrected chi connectivity index (χ0v) is 7.27. The molecule has 0 heterocycles. The van der Waals surface area contributed by atoms with Crippen LogP contribution in [0.2, 0.25) is 0 Å². The third-order valence-corrected chi connectivity index (χ3v) is 0. The van der Waals surface area contributed by atoms with Crippen LogP contribution < -0.4 is 0 Å². The summed E-state index contributed by atoms with van der Waals surface area (Å²) in [6, 6.07) is 0. The Kier molecular flexibility index (Phi) is 68.8. The number of hydrogen-bond donors (Lipinski definition) is 3. The van der Waals surface area contributed by atoms with Crippen LogP contribution in [0, 0.1) is 0 Å². The second kappa shape index (κ2) is 18.4. The third-order valence-electron chi connectivity index (χ3n) is 0. The number of phosphoric acid groups is 1. The Morgan fingerprint density at radius 2 is 1.10 bits per heavy atom. The topological polar surface area (TPSA) is 109 Å².